The number of carboxylic acid groups (broad SMARTS) is 1. The molecule has 3 aromatic carbocycles. The van der Waals surface area contributed by atoms with Gasteiger partial charge in [-0.3, -0.25) is 10.2 Å². The van der Waals surface area contributed by atoms with E-state index in [4.69, 9.17) is 16.7 Å². The number of aliphatic hydroxyl groups excluding tert-OH is 1. The van der Waals surface area contributed by atoms with E-state index in [1.165, 1.54) is 23.2 Å². The lowest BCUT2D eigenvalue weighted by molar-refractivity contribution is -0.148. The second-order valence-electron chi connectivity index (χ2n) is 7.57. The molecule has 4 aromatic rings. The Bertz CT molecular complexity index is 1340. The van der Waals surface area contributed by atoms with Gasteiger partial charge in [-0.05, 0) is 52.2 Å². The lowest BCUT2D eigenvalue weighted by atomic mass is 10.0. The predicted octanol–water partition coefficient (Wildman–Crippen LogP) is 2.58. The van der Waals surface area contributed by atoms with Gasteiger partial charge in [0.05, 0.1) is 6.54 Å². The standard InChI is InChI=1S/C23H20ClN5O5/c24-18-3-1-2-16(10-18)15-6-4-14(5-7-15)12-28(13-21(30)23(32)33)26-22(31)17-8-9-20-19(11-17)25-27-29(20)34/h1-11,21,30,34H,12-13H2,(H,26,31)(H,32,33). The summed E-state index contributed by atoms with van der Waals surface area (Å²) in [6.45, 7) is -0.201. The Morgan fingerprint density at radius 1 is 1.06 bits per heavy atom. The number of halogens is 1. The number of aliphatic hydroxyl groups is 1. The van der Waals surface area contributed by atoms with E-state index in [2.05, 4.69) is 15.7 Å². The molecule has 1 atom stereocenters. The van der Waals surface area contributed by atoms with Crippen LogP contribution in [0, 0.1) is 0 Å². The number of nitrogens with one attached hydrogen (secondary N) is 1. The smallest absolute Gasteiger partial charge is 0.333 e. The first-order valence-electron chi connectivity index (χ1n) is 10.2. The van der Waals surface area contributed by atoms with Gasteiger partial charge in [0.2, 0.25) is 0 Å². The van der Waals surface area contributed by atoms with Gasteiger partial charge in [0.25, 0.3) is 5.91 Å². The van der Waals surface area contributed by atoms with Crippen molar-refractivity contribution in [1.29, 1.82) is 0 Å². The van der Waals surface area contributed by atoms with Crippen molar-refractivity contribution in [3.63, 3.8) is 0 Å². The van der Waals surface area contributed by atoms with E-state index in [1.807, 2.05) is 42.5 Å². The van der Waals surface area contributed by atoms with Crippen LogP contribution in [-0.4, -0.2) is 60.1 Å². The number of carboxylic acids is 1. The van der Waals surface area contributed by atoms with Crippen molar-refractivity contribution in [3.05, 3.63) is 82.9 Å². The van der Waals surface area contributed by atoms with E-state index in [-0.39, 0.29) is 18.7 Å². The second-order valence-corrected chi connectivity index (χ2v) is 8.00. The monoisotopic (exact) mass is 481 g/mol. The third-order valence-corrected chi connectivity index (χ3v) is 5.35. The highest BCUT2D eigenvalue weighted by molar-refractivity contribution is 6.30. The van der Waals surface area contributed by atoms with Gasteiger partial charge < -0.3 is 15.4 Å². The highest BCUT2D eigenvalue weighted by atomic mass is 35.5. The van der Waals surface area contributed by atoms with Crippen LogP contribution < -0.4 is 5.43 Å². The molecule has 0 spiro atoms. The molecule has 0 aliphatic carbocycles. The van der Waals surface area contributed by atoms with Crippen molar-refractivity contribution in [3.8, 4) is 11.1 Å². The maximum atomic E-state index is 12.8. The third-order valence-electron chi connectivity index (χ3n) is 5.11. The molecule has 174 valence electrons. The number of rotatable bonds is 8. The van der Waals surface area contributed by atoms with Gasteiger partial charge >= 0.3 is 5.97 Å². The maximum Gasteiger partial charge on any atom is 0.333 e. The van der Waals surface area contributed by atoms with E-state index < -0.39 is 18.0 Å². The molecule has 0 fully saturated rings. The number of nitrogens with zero attached hydrogens (tertiary/aromatic N) is 4. The summed E-state index contributed by atoms with van der Waals surface area (Å²) in [5, 5.41) is 37.7. The minimum atomic E-state index is -1.71. The summed E-state index contributed by atoms with van der Waals surface area (Å²) >= 11 is 6.06. The fourth-order valence-corrected chi connectivity index (χ4v) is 3.58. The zero-order chi connectivity index (χ0) is 24.2. The van der Waals surface area contributed by atoms with Crippen LogP contribution in [-0.2, 0) is 11.3 Å². The average Bonchev–Trinajstić information content (AvgIpc) is 3.19. The number of hydrogen-bond donors (Lipinski definition) is 4. The summed E-state index contributed by atoms with van der Waals surface area (Å²) in [5.74, 6) is -1.95. The number of aliphatic carboxylic acids is 1. The van der Waals surface area contributed by atoms with Gasteiger partial charge in [0.15, 0.2) is 6.10 Å². The van der Waals surface area contributed by atoms with E-state index in [9.17, 15) is 19.9 Å². The molecule has 1 unspecified atom stereocenters. The number of aromatic nitrogens is 3. The topological polar surface area (TPSA) is 141 Å². The summed E-state index contributed by atoms with van der Waals surface area (Å²) in [4.78, 5) is 24.6. The molecule has 1 amide bonds. The maximum absolute atomic E-state index is 12.8. The van der Waals surface area contributed by atoms with Crippen molar-refractivity contribution < 1.29 is 25.0 Å². The Balaban J connectivity index is 1.52. The van der Waals surface area contributed by atoms with E-state index in [1.54, 1.807) is 6.07 Å². The number of fused-ring (bicyclic) bond motifs is 1. The molecule has 0 aliphatic rings. The van der Waals surface area contributed by atoms with Crippen LogP contribution in [0.3, 0.4) is 0 Å². The van der Waals surface area contributed by atoms with Crippen molar-refractivity contribution in [1.82, 2.24) is 25.6 Å². The number of carbonyl (C=O) groups is 2. The van der Waals surface area contributed by atoms with Crippen molar-refractivity contribution in [2.75, 3.05) is 6.54 Å². The van der Waals surface area contributed by atoms with Crippen LogP contribution in [0.1, 0.15) is 15.9 Å². The average molecular weight is 482 g/mol. The molecule has 1 aromatic heterocycles. The van der Waals surface area contributed by atoms with Crippen molar-refractivity contribution in [2.24, 2.45) is 0 Å². The highest BCUT2D eigenvalue weighted by Crippen LogP contribution is 2.23. The largest absolute Gasteiger partial charge is 0.479 e. The van der Waals surface area contributed by atoms with Crippen LogP contribution in [0.4, 0.5) is 0 Å². The molecule has 0 aliphatic heterocycles. The Hall–Kier alpha value is -3.99. The Morgan fingerprint density at radius 2 is 1.82 bits per heavy atom. The molecule has 34 heavy (non-hydrogen) atoms. The van der Waals surface area contributed by atoms with Crippen LogP contribution >= 0.6 is 11.6 Å². The summed E-state index contributed by atoms with van der Waals surface area (Å²) in [6, 6.07) is 19.3. The van der Waals surface area contributed by atoms with Gasteiger partial charge in [-0.1, -0.05) is 52.8 Å². The SMILES string of the molecule is O=C(NN(Cc1ccc(-c2cccc(Cl)c2)cc1)CC(O)C(=O)O)c1ccc2c(c1)nnn2O. The molecule has 0 bridgehead atoms. The van der Waals surface area contributed by atoms with Crippen molar-refractivity contribution >= 4 is 34.5 Å². The van der Waals surface area contributed by atoms with Gasteiger partial charge in [-0.25, -0.2) is 9.80 Å². The molecule has 0 saturated carbocycles. The van der Waals surface area contributed by atoms with Crippen LogP contribution in [0.25, 0.3) is 22.2 Å². The van der Waals surface area contributed by atoms with E-state index >= 15 is 0 Å². The highest BCUT2D eigenvalue weighted by Gasteiger charge is 2.21. The van der Waals surface area contributed by atoms with Crippen LogP contribution in [0.15, 0.2) is 66.7 Å². The molecule has 1 heterocycles. The number of benzene rings is 3. The van der Waals surface area contributed by atoms with Crippen LogP contribution in [0.5, 0.6) is 0 Å². The molecule has 4 rings (SSSR count). The zero-order valence-electron chi connectivity index (χ0n) is 17.7. The molecule has 0 saturated heterocycles. The lowest BCUT2D eigenvalue weighted by Gasteiger charge is -2.24. The lowest BCUT2D eigenvalue weighted by Crippen LogP contribution is -2.47. The second kappa shape index (κ2) is 9.87. The Kier molecular flexibility index (Phi) is 6.73. The number of amides is 1. The summed E-state index contributed by atoms with van der Waals surface area (Å²) in [7, 11) is 0. The molecule has 11 heteroatoms. The minimum Gasteiger partial charge on any atom is -0.479 e. The Labute approximate surface area is 198 Å². The number of hydrogen-bond acceptors (Lipinski definition) is 7. The molecule has 0 radical (unpaired) electrons. The molecule has 10 nitrogen and oxygen atoms in total. The first-order valence-corrected chi connectivity index (χ1v) is 10.5. The van der Waals surface area contributed by atoms with E-state index in [0.717, 1.165) is 16.7 Å². The van der Waals surface area contributed by atoms with Gasteiger partial charge in [-0.15, -0.1) is 5.10 Å². The quantitative estimate of drug-likeness (QED) is 0.222. The first kappa shape index (κ1) is 23.2. The zero-order valence-corrected chi connectivity index (χ0v) is 18.4. The van der Waals surface area contributed by atoms with E-state index in [0.29, 0.717) is 20.9 Å². The Morgan fingerprint density at radius 3 is 2.53 bits per heavy atom. The molecule has 4 N–H and O–H groups in total. The minimum absolute atomic E-state index is 0.140. The fourth-order valence-electron chi connectivity index (χ4n) is 3.39. The van der Waals surface area contributed by atoms with Gasteiger partial charge in [0, 0.05) is 17.1 Å². The summed E-state index contributed by atoms with van der Waals surface area (Å²) < 4.78 is 0. The number of carbonyl (C=O) groups excluding carboxylic acids is 1. The summed E-state index contributed by atoms with van der Waals surface area (Å²) in [5.41, 5.74) is 6.16. The fraction of sp³-hybridized carbons (Fsp3) is 0.130. The first-order chi connectivity index (χ1) is 16.3. The van der Waals surface area contributed by atoms with Crippen LogP contribution in [0.2, 0.25) is 5.02 Å². The van der Waals surface area contributed by atoms with Gasteiger partial charge in [-0.2, -0.15) is 0 Å². The predicted molar refractivity (Wildman–Crippen MR) is 123 cm³/mol. The third kappa shape index (κ3) is 5.31. The molecular weight excluding hydrogens is 462 g/mol. The molecular formula is C23H20ClN5O5. The number of hydrazine groups is 1. The summed E-state index contributed by atoms with van der Waals surface area (Å²) in [6.07, 6.45) is -1.71. The van der Waals surface area contributed by atoms with Gasteiger partial charge in [0.1, 0.15) is 11.0 Å². The normalized spacial score (nSPS) is 12.1. The van der Waals surface area contributed by atoms with Crippen molar-refractivity contribution in [2.45, 2.75) is 12.6 Å².